The SMILES string of the molecule is CC[C@@H]1C[C@]1(NC(=O)[C@@H]1C[C@@H](Oc2nccc3cc(OC)ccc23)CN1C(=O)OC(C)(C)C)C(=O)NS(=O)(=O)OC1(C)CC1. The Morgan fingerprint density at radius 1 is 1.16 bits per heavy atom. The largest absolute Gasteiger partial charge is 0.497 e. The van der Waals surface area contributed by atoms with Crippen LogP contribution in [-0.2, 0) is 28.8 Å². The van der Waals surface area contributed by atoms with Gasteiger partial charge in [0.15, 0.2) is 0 Å². The van der Waals surface area contributed by atoms with Gasteiger partial charge >= 0.3 is 16.4 Å². The van der Waals surface area contributed by atoms with E-state index in [1.165, 1.54) is 4.90 Å². The first kappa shape index (κ1) is 31.8. The second-order valence-corrected chi connectivity index (χ2v) is 14.3. The highest BCUT2D eigenvalue weighted by Gasteiger charge is 2.62. The van der Waals surface area contributed by atoms with Gasteiger partial charge in [-0.25, -0.2) is 18.7 Å². The zero-order valence-corrected chi connectivity index (χ0v) is 26.7. The van der Waals surface area contributed by atoms with Gasteiger partial charge in [0.05, 0.1) is 19.3 Å². The Hall–Kier alpha value is -3.65. The minimum atomic E-state index is -4.39. The van der Waals surface area contributed by atoms with Crippen molar-refractivity contribution in [2.45, 2.75) is 95.6 Å². The van der Waals surface area contributed by atoms with E-state index in [9.17, 15) is 22.8 Å². The summed E-state index contributed by atoms with van der Waals surface area (Å²) < 4.78 is 49.4. The minimum Gasteiger partial charge on any atom is -0.497 e. The molecule has 2 aromatic rings. The lowest BCUT2D eigenvalue weighted by molar-refractivity contribution is -0.132. The summed E-state index contributed by atoms with van der Waals surface area (Å²) in [5, 5.41) is 4.35. The highest BCUT2D eigenvalue weighted by Crippen LogP contribution is 2.47. The fraction of sp³-hybridized carbons (Fsp3) is 0.600. The summed E-state index contributed by atoms with van der Waals surface area (Å²) >= 11 is 0. The summed E-state index contributed by atoms with van der Waals surface area (Å²) in [6, 6.07) is 6.23. The van der Waals surface area contributed by atoms with Gasteiger partial charge in [-0.05, 0) is 82.5 Å². The molecule has 1 saturated heterocycles. The number of likely N-dealkylation sites (tertiary alicyclic amines) is 1. The summed E-state index contributed by atoms with van der Waals surface area (Å²) in [5.74, 6) is -0.770. The topological polar surface area (TPSA) is 162 Å². The van der Waals surface area contributed by atoms with Gasteiger partial charge in [0.2, 0.25) is 11.8 Å². The van der Waals surface area contributed by atoms with Crippen LogP contribution in [-0.4, -0.2) is 78.8 Å². The van der Waals surface area contributed by atoms with Gasteiger partial charge in [-0.2, -0.15) is 8.42 Å². The summed E-state index contributed by atoms with van der Waals surface area (Å²) in [7, 11) is -2.81. The van der Waals surface area contributed by atoms with Crippen LogP contribution in [0.5, 0.6) is 11.6 Å². The number of carbonyl (C=O) groups excluding carboxylic acids is 3. The van der Waals surface area contributed by atoms with Gasteiger partial charge in [0.1, 0.15) is 29.0 Å². The quantitative estimate of drug-likeness (QED) is 0.398. The number of rotatable bonds is 10. The van der Waals surface area contributed by atoms with E-state index in [2.05, 4.69) is 10.3 Å². The molecule has 4 atom stereocenters. The van der Waals surface area contributed by atoms with Gasteiger partial charge in [-0.15, -0.1) is 0 Å². The van der Waals surface area contributed by atoms with Crippen molar-refractivity contribution in [1.82, 2.24) is 19.9 Å². The zero-order chi connectivity index (χ0) is 32.1. The maximum atomic E-state index is 13.8. The van der Waals surface area contributed by atoms with E-state index >= 15 is 0 Å². The van der Waals surface area contributed by atoms with E-state index in [1.54, 1.807) is 47.1 Å². The number of methoxy groups -OCH3 is 1. The highest BCUT2D eigenvalue weighted by molar-refractivity contribution is 7.85. The van der Waals surface area contributed by atoms with Crippen LogP contribution < -0.4 is 19.5 Å². The number of hydrogen-bond donors (Lipinski definition) is 2. The zero-order valence-electron chi connectivity index (χ0n) is 25.8. The second-order valence-electron chi connectivity index (χ2n) is 13.0. The van der Waals surface area contributed by atoms with Crippen LogP contribution in [0.25, 0.3) is 10.8 Å². The summed E-state index contributed by atoms with van der Waals surface area (Å²) in [6.07, 6.45) is 2.25. The molecule has 3 amide bonds. The molecule has 3 fully saturated rings. The Labute approximate surface area is 257 Å². The van der Waals surface area contributed by atoms with Crippen LogP contribution in [0.15, 0.2) is 30.5 Å². The van der Waals surface area contributed by atoms with Crippen molar-refractivity contribution >= 4 is 39.0 Å². The Bertz CT molecular complexity index is 1570. The predicted octanol–water partition coefficient (Wildman–Crippen LogP) is 3.22. The van der Waals surface area contributed by atoms with Crippen LogP contribution in [0.3, 0.4) is 0 Å². The van der Waals surface area contributed by atoms with Crippen LogP contribution in [0, 0.1) is 5.92 Å². The van der Waals surface area contributed by atoms with E-state index in [0.29, 0.717) is 30.9 Å². The molecule has 0 spiro atoms. The number of ether oxygens (including phenoxy) is 3. The van der Waals surface area contributed by atoms with Crippen molar-refractivity contribution < 1.29 is 41.2 Å². The van der Waals surface area contributed by atoms with Crippen molar-refractivity contribution in [3.05, 3.63) is 30.5 Å². The summed E-state index contributed by atoms with van der Waals surface area (Å²) in [5.41, 5.74) is -3.11. The third-order valence-corrected chi connectivity index (χ3v) is 9.30. The van der Waals surface area contributed by atoms with Crippen molar-refractivity contribution in [2.24, 2.45) is 5.92 Å². The molecule has 44 heavy (non-hydrogen) atoms. The van der Waals surface area contributed by atoms with Gasteiger partial charge < -0.3 is 19.5 Å². The molecular weight excluding hydrogens is 592 g/mol. The fourth-order valence-corrected chi connectivity index (χ4v) is 6.67. The lowest BCUT2D eigenvalue weighted by atomic mass is 10.1. The van der Waals surface area contributed by atoms with E-state index in [0.717, 1.165) is 10.8 Å². The predicted molar refractivity (Wildman–Crippen MR) is 159 cm³/mol. The number of nitrogens with zero attached hydrogens (tertiary/aromatic N) is 2. The monoisotopic (exact) mass is 632 g/mol. The normalized spacial score (nSPS) is 25.7. The first-order valence-corrected chi connectivity index (χ1v) is 16.2. The van der Waals surface area contributed by atoms with Crippen LogP contribution in [0.4, 0.5) is 4.79 Å². The number of nitrogens with one attached hydrogen (secondary N) is 2. The van der Waals surface area contributed by atoms with Gasteiger partial charge in [-0.1, -0.05) is 13.3 Å². The number of fused-ring (bicyclic) bond motifs is 1. The third-order valence-electron chi connectivity index (χ3n) is 8.24. The molecule has 2 heterocycles. The smallest absolute Gasteiger partial charge is 0.411 e. The Morgan fingerprint density at radius 2 is 1.89 bits per heavy atom. The van der Waals surface area contributed by atoms with Gasteiger partial charge in [0, 0.05) is 18.0 Å². The molecule has 240 valence electrons. The Kier molecular flexibility index (Phi) is 8.21. The average molecular weight is 633 g/mol. The minimum absolute atomic E-state index is 0.0262. The molecule has 2 N–H and O–H groups in total. The molecule has 2 aliphatic carbocycles. The molecule has 1 aromatic carbocycles. The second kappa shape index (κ2) is 11.4. The molecule has 0 bridgehead atoms. The average Bonchev–Trinajstić information content (AvgIpc) is 3.79. The van der Waals surface area contributed by atoms with Crippen LogP contribution in [0.2, 0.25) is 0 Å². The molecule has 2 saturated carbocycles. The molecular formula is C30H40N4O9S. The summed E-state index contributed by atoms with van der Waals surface area (Å²) in [4.78, 5) is 46.1. The number of amides is 3. The van der Waals surface area contributed by atoms with Gasteiger partial charge in [-0.3, -0.25) is 14.5 Å². The van der Waals surface area contributed by atoms with E-state index in [4.69, 9.17) is 18.4 Å². The maximum absolute atomic E-state index is 13.8. The molecule has 5 rings (SSSR count). The molecule has 1 aliphatic heterocycles. The molecule has 14 heteroatoms. The number of benzene rings is 1. The van der Waals surface area contributed by atoms with Crippen LogP contribution >= 0.6 is 0 Å². The van der Waals surface area contributed by atoms with E-state index in [1.807, 2.05) is 29.8 Å². The number of carbonyl (C=O) groups is 3. The van der Waals surface area contributed by atoms with Crippen molar-refractivity contribution in [3.63, 3.8) is 0 Å². The highest BCUT2D eigenvalue weighted by atomic mass is 32.2. The third kappa shape index (κ3) is 6.85. The lowest BCUT2D eigenvalue weighted by Gasteiger charge is -2.29. The van der Waals surface area contributed by atoms with Crippen molar-refractivity contribution in [3.8, 4) is 11.6 Å². The van der Waals surface area contributed by atoms with Crippen molar-refractivity contribution in [1.29, 1.82) is 0 Å². The number of hydrogen-bond acceptors (Lipinski definition) is 10. The van der Waals surface area contributed by atoms with Crippen molar-refractivity contribution in [2.75, 3.05) is 13.7 Å². The van der Waals surface area contributed by atoms with E-state index in [-0.39, 0.29) is 25.3 Å². The Morgan fingerprint density at radius 3 is 2.50 bits per heavy atom. The fourth-order valence-electron chi connectivity index (χ4n) is 5.52. The molecule has 0 radical (unpaired) electrons. The first-order valence-electron chi connectivity index (χ1n) is 14.8. The van der Waals surface area contributed by atoms with Gasteiger partial charge in [0.25, 0.3) is 5.91 Å². The number of pyridine rings is 1. The molecule has 13 nitrogen and oxygen atoms in total. The maximum Gasteiger partial charge on any atom is 0.411 e. The molecule has 1 aromatic heterocycles. The molecule has 3 aliphatic rings. The molecule has 0 unspecified atom stereocenters. The number of aromatic nitrogens is 1. The summed E-state index contributed by atoms with van der Waals surface area (Å²) in [6.45, 7) is 8.68. The Balaban J connectivity index is 1.35. The van der Waals surface area contributed by atoms with E-state index < -0.39 is 57.1 Å². The standard InChI is InChI=1S/C30H40N4O9S/c1-7-19-16-30(19,26(36)33-44(38,39)43-29(5)11-12-29)32-24(35)23-15-21(17-34(23)27(37)42-28(2,3)4)41-25-22-9-8-20(40-6)14-18(22)10-13-31-25/h8-10,13-14,19,21,23H,7,11-12,15-17H2,1-6H3,(H,32,35)(H,33,36)/t19-,21-,23+,30-/m1/s1. The van der Waals surface area contributed by atoms with Crippen LogP contribution in [0.1, 0.15) is 66.7 Å². The first-order chi connectivity index (χ1) is 20.6. The lowest BCUT2D eigenvalue weighted by Crippen LogP contribution is -2.57.